The quantitative estimate of drug-likeness (QED) is 0.712. The number of hydrogen-bond acceptors (Lipinski definition) is 2. The molecule has 0 aromatic carbocycles. The normalized spacial score (nSPS) is 30.2. The highest BCUT2D eigenvalue weighted by molar-refractivity contribution is 5.85. The number of carboxylic acids is 1. The van der Waals surface area contributed by atoms with E-state index in [4.69, 9.17) is 5.11 Å². The Morgan fingerprint density at radius 2 is 2.00 bits per heavy atom. The van der Waals surface area contributed by atoms with Gasteiger partial charge in [-0.05, 0) is 50.9 Å². The van der Waals surface area contributed by atoms with Crippen LogP contribution < -0.4 is 10.6 Å². The third-order valence-electron chi connectivity index (χ3n) is 4.37. The maximum Gasteiger partial charge on any atom is 0.328 e. The molecule has 102 valence electrons. The first-order valence-corrected chi connectivity index (χ1v) is 6.68. The molecule has 2 fully saturated rings. The van der Waals surface area contributed by atoms with Gasteiger partial charge in [-0.15, -0.1) is 0 Å². The van der Waals surface area contributed by atoms with Crippen LogP contribution >= 0.6 is 0 Å². The molecule has 2 rings (SSSR count). The number of carboxylic acid groups (broad SMARTS) is 1. The van der Waals surface area contributed by atoms with Crippen molar-refractivity contribution < 1.29 is 14.7 Å². The number of carbonyl (C=O) groups is 2. The molecular formula is C13H22N2O3. The molecule has 0 aliphatic heterocycles. The summed E-state index contributed by atoms with van der Waals surface area (Å²) in [5.41, 5.74) is -1.22. The summed E-state index contributed by atoms with van der Waals surface area (Å²) in [5.74, 6) is 1.18. The van der Waals surface area contributed by atoms with Crippen molar-refractivity contribution in [2.45, 2.75) is 45.1 Å². The van der Waals surface area contributed by atoms with Gasteiger partial charge in [0.1, 0.15) is 5.54 Å². The first kappa shape index (κ1) is 13.2. The second-order valence-electron chi connectivity index (χ2n) is 6.20. The zero-order valence-corrected chi connectivity index (χ0v) is 11.0. The molecule has 0 aromatic rings. The van der Waals surface area contributed by atoms with E-state index >= 15 is 0 Å². The zero-order valence-electron chi connectivity index (χ0n) is 11.0. The Kier molecular flexibility index (Phi) is 3.50. The van der Waals surface area contributed by atoms with E-state index in [1.165, 1.54) is 39.5 Å². The van der Waals surface area contributed by atoms with Crippen molar-refractivity contribution in [2.24, 2.45) is 17.8 Å². The van der Waals surface area contributed by atoms with Crippen molar-refractivity contribution >= 4 is 12.0 Å². The molecule has 2 bridgehead atoms. The smallest absolute Gasteiger partial charge is 0.328 e. The van der Waals surface area contributed by atoms with E-state index in [2.05, 4.69) is 10.6 Å². The van der Waals surface area contributed by atoms with Crippen molar-refractivity contribution in [2.75, 3.05) is 6.54 Å². The molecule has 2 aliphatic carbocycles. The van der Waals surface area contributed by atoms with E-state index in [9.17, 15) is 9.59 Å². The van der Waals surface area contributed by atoms with Crippen molar-refractivity contribution in [1.82, 2.24) is 10.6 Å². The Morgan fingerprint density at radius 1 is 1.28 bits per heavy atom. The van der Waals surface area contributed by atoms with Crippen LogP contribution in [0, 0.1) is 17.8 Å². The summed E-state index contributed by atoms with van der Waals surface area (Å²) < 4.78 is 0. The van der Waals surface area contributed by atoms with E-state index in [1.54, 1.807) is 0 Å². The summed E-state index contributed by atoms with van der Waals surface area (Å²) >= 11 is 0. The van der Waals surface area contributed by atoms with Crippen LogP contribution in [-0.2, 0) is 4.79 Å². The highest BCUT2D eigenvalue weighted by Gasteiger charge is 2.39. The van der Waals surface area contributed by atoms with Crippen LogP contribution in [0.15, 0.2) is 0 Å². The Hall–Kier alpha value is -1.26. The fourth-order valence-corrected chi connectivity index (χ4v) is 3.23. The monoisotopic (exact) mass is 254 g/mol. The number of rotatable bonds is 4. The Morgan fingerprint density at radius 3 is 2.50 bits per heavy atom. The van der Waals surface area contributed by atoms with Crippen molar-refractivity contribution in [3.63, 3.8) is 0 Å². The molecule has 0 spiro atoms. The fourth-order valence-electron chi connectivity index (χ4n) is 3.23. The lowest BCUT2D eigenvalue weighted by atomic mass is 9.89. The van der Waals surface area contributed by atoms with Gasteiger partial charge in [-0.1, -0.05) is 6.42 Å². The van der Waals surface area contributed by atoms with Gasteiger partial charge in [-0.3, -0.25) is 0 Å². The zero-order chi connectivity index (χ0) is 13.3. The number of amides is 2. The van der Waals surface area contributed by atoms with Gasteiger partial charge in [0.25, 0.3) is 0 Å². The lowest BCUT2D eigenvalue weighted by molar-refractivity contribution is -0.142. The van der Waals surface area contributed by atoms with E-state index in [0.29, 0.717) is 12.5 Å². The van der Waals surface area contributed by atoms with E-state index in [1.807, 2.05) is 0 Å². The molecule has 3 atom stereocenters. The van der Waals surface area contributed by atoms with Crippen molar-refractivity contribution in [3.05, 3.63) is 0 Å². The molecule has 2 aliphatic rings. The number of hydrogen-bond donors (Lipinski definition) is 3. The minimum Gasteiger partial charge on any atom is -0.480 e. The Bertz CT molecular complexity index is 354. The Labute approximate surface area is 107 Å². The minimum atomic E-state index is -1.22. The summed E-state index contributed by atoms with van der Waals surface area (Å²) in [6.45, 7) is 3.63. The van der Waals surface area contributed by atoms with Gasteiger partial charge in [0.2, 0.25) is 0 Å². The van der Waals surface area contributed by atoms with Gasteiger partial charge in [-0.2, -0.15) is 0 Å². The van der Waals surface area contributed by atoms with Crippen molar-refractivity contribution in [3.8, 4) is 0 Å². The maximum atomic E-state index is 11.6. The number of aliphatic carboxylic acids is 1. The van der Waals surface area contributed by atoms with Gasteiger partial charge >= 0.3 is 12.0 Å². The third kappa shape index (κ3) is 2.76. The number of nitrogens with one attached hydrogen (secondary N) is 2. The van der Waals surface area contributed by atoms with Gasteiger partial charge in [0.05, 0.1) is 0 Å². The molecule has 0 heterocycles. The van der Waals surface area contributed by atoms with Gasteiger partial charge in [0.15, 0.2) is 0 Å². The third-order valence-corrected chi connectivity index (χ3v) is 4.37. The standard InChI is InChI=1S/C13H22N2O3/c1-13(2,11(16)17)15-12(18)14-7-10-6-8-3-4-9(10)5-8/h8-10H,3-7H2,1-2H3,(H,16,17)(H2,14,15,18). The summed E-state index contributed by atoms with van der Waals surface area (Å²) in [5, 5.41) is 14.2. The average molecular weight is 254 g/mol. The van der Waals surface area contributed by atoms with Crippen LogP contribution in [0.2, 0.25) is 0 Å². The molecule has 3 unspecified atom stereocenters. The predicted octanol–water partition coefficient (Wildman–Crippen LogP) is 1.58. The molecule has 0 aromatic heterocycles. The minimum absolute atomic E-state index is 0.384. The first-order valence-electron chi connectivity index (χ1n) is 6.68. The molecule has 2 amide bonds. The average Bonchev–Trinajstić information content (AvgIpc) is 2.87. The molecular weight excluding hydrogens is 232 g/mol. The van der Waals surface area contributed by atoms with Crippen LogP contribution in [0.25, 0.3) is 0 Å². The lowest BCUT2D eigenvalue weighted by Crippen LogP contribution is -2.53. The molecule has 3 N–H and O–H groups in total. The number of fused-ring (bicyclic) bond motifs is 2. The predicted molar refractivity (Wildman–Crippen MR) is 67.2 cm³/mol. The fraction of sp³-hybridized carbons (Fsp3) is 0.846. The van der Waals surface area contributed by atoms with Crippen LogP contribution in [-0.4, -0.2) is 29.2 Å². The molecule has 0 radical (unpaired) electrons. The second-order valence-corrected chi connectivity index (χ2v) is 6.20. The van der Waals surface area contributed by atoms with E-state index in [-0.39, 0.29) is 6.03 Å². The topological polar surface area (TPSA) is 78.4 Å². The second kappa shape index (κ2) is 4.78. The van der Waals surface area contributed by atoms with Gasteiger partial charge in [0, 0.05) is 6.54 Å². The molecule has 2 saturated carbocycles. The van der Waals surface area contributed by atoms with Crippen LogP contribution in [0.3, 0.4) is 0 Å². The highest BCUT2D eigenvalue weighted by atomic mass is 16.4. The summed E-state index contributed by atoms with van der Waals surface area (Å²) in [6.07, 6.45) is 5.17. The van der Waals surface area contributed by atoms with Crippen molar-refractivity contribution in [1.29, 1.82) is 0 Å². The van der Waals surface area contributed by atoms with E-state index in [0.717, 1.165) is 11.8 Å². The molecule has 5 nitrogen and oxygen atoms in total. The van der Waals surface area contributed by atoms with Gasteiger partial charge < -0.3 is 15.7 Å². The highest BCUT2D eigenvalue weighted by Crippen LogP contribution is 2.47. The van der Waals surface area contributed by atoms with Crippen LogP contribution in [0.4, 0.5) is 4.79 Å². The van der Waals surface area contributed by atoms with Crippen LogP contribution in [0.5, 0.6) is 0 Å². The molecule has 18 heavy (non-hydrogen) atoms. The number of urea groups is 1. The molecule has 0 saturated heterocycles. The van der Waals surface area contributed by atoms with Crippen LogP contribution in [0.1, 0.15) is 39.5 Å². The summed E-state index contributed by atoms with van der Waals surface area (Å²) in [6, 6.07) is -0.384. The lowest BCUT2D eigenvalue weighted by Gasteiger charge is -2.24. The molecule has 5 heteroatoms. The summed E-state index contributed by atoms with van der Waals surface area (Å²) in [7, 11) is 0. The first-order chi connectivity index (χ1) is 8.38. The number of carbonyl (C=O) groups excluding carboxylic acids is 1. The van der Waals surface area contributed by atoms with E-state index < -0.39 is 11.5 Å². The largest absolute Gasteiger partial charge is 0.480 e. The Balaban J connectivity index is 1.74. The summed E-state index contributed by atoms with van der Waals surface area (Å²) in [4.78, 5) is 22.5. The maximum absolute atomic E-state index is 11.6. The van der Waals surface area contributed by atoms with Gasteiger partial charge in [-0.25, -0.2) is 9.59 Å². The SMILES string of the molecule is CC(C)(NC(=O)NCC1CC2CCC1C2)C(=O)O.